The lowest BCUT2D eigenvalue weighted by atomic mass is 10.2. The van der Waals surface area contributed by atoms with Gasteiger partial charge in [-0.2, -0.15) is 0 Å². The summed E-state index contributed by atoms with van der Waals surface area (Å²) in [4.78, 5) is 23.8. The summed E-state index contributed by atoms with van der Waals surface area (Å²) < 4.78 is 21.3. The Balaban J connectivity index is 2.00. The summed E-state index contributed by atoms with van der Waals surface area (Å²) in [5.41, 5.74) is 1.31. The van der Waals surface area contributed by atoms with Gasteiger partial charge in [0.15, 0.2) is 5.82 Å². The largest absolute Gasteiger partial charge is 0.497 e. The summed E-state index contributed by atoms with van der Waals surface area (Å²) in [6, 6.07) is 7.12. The van der Waals surface area contributed by atoms with Crippen molar-refractivity contribution in [1.82, 2.24) is 14.5 Å². The van der Waals surface area contributed by atoms with E-state index in [1.165, 1.54) is 28.4 Å². The first kappa shape index (κ1) is 16.5. The number of fused-ring (bicyclic) bond motifs is 3. The summed E-state index contributed by atoms with van der Waals surface area (Å²) in [5.74, 6) is 0.260. The number of pyridine rings is 1. The molecule has 8 heteroatoms. The van der Waals surface area contributed by atoms with E-state index in [9.17, 15) is 9.18 Å². The van der Waals surface area contributed by atoms with Crippen LogP contribution in [0.3, 0.4) is 0 Å². The summed E-state index contributed by atoms with van der Waals surface area (Å²) >= 11 is 1.22. The summed E-state index contributed by atoms with van der Waals surface area (Å²) in [6.07, 6.45) is 2.64. The molecule has 4 aromatic rings. The fraction of sp³-hybridized carbons (Fsp3) is 0.167. The van der Waals surface area contributed by atoms with E-state index in [0.717, 1.165) is 0 Å². The van der Waals surface area contributed by atoms with Crippen molar-refractivity contribution in [3.8, 4) is 11.4 Å². The lowest BCUT2D eigenvalue weighted by Gasteiger charge is -2.14. The quantitative estimate of drug-likeness (QED) is 0.554. The fourth-order valence-electron chi connectivity index (χ4n) is 2.92. The van der Waals surface area contributed by atoms with Gasteiger partial charge in [0.2, 0.25) is 0 Å². The first-order chi connectivity index (χ1) is 12.5. The average molecular weight is 370 g/mol. The Morgan fingerprint density at radius 2 is 1.92 bits per heavy atom. The molecule has 132 valence electrons. The van der Waals surface area contributed by atoms with Crippen LogP contribution in [0.15, 0.2) is 41.6 Å². The van der Waals surface area contributed by atoms with Crippen LogP contribution in [0.1, 0.15) is 0 Å². The number of anilines is 1. The number of benzene rings is 1. The standard InChI is InChI=1S/C18H15FN4O2S/c1-22(2)15-12(19)8-20-17-13(15)14-16(26-17)18(24)23(9-21-14)10-4-6-11(25-3)7-5-10/h4-9H,1-3H3. The number of hydrogen-bond acceptors (Lipinski definition) is 6. The normalized spacial score (nSPS) is 11.2. The molecular formula is C18H15FN4O2S. The van der Waals surface area contributed by atoms with Gasteiger partial charge in [-0.1, -0.05) is 0 Å². The maximum Gasteiger partial charge on any atom is 0.275 e. The molecule has 0 aliphatic carbocycles. The molecule has 0 aliphatic heterocycles. The first-order valence-electron chi connectivity index (χ1n) is 7.81. The molecule has 0 amide bonds. The fourth-order valence-corrected chi connectivity index (χ4v) is 3.95. The minimum absolute atomic E-state index is 0.215. The Hall–Kier alpha value is -3.00. The zero-order chi connectivity index (χ0) is 18.4. The van der Waals surface area contributed by atoms with Gasteiger partial charge in [0, 0.05) is 14.1 Å². The van der Waals surface area contributed by atoms with Crippen molar-refractivity contribution in [2.45, 2.75) is 0 Å². The Labute approximate surface area is 152 Å². The number of nitrogens with zero attached hydrogens (tertiary/aromatic N) is 4. The zero-order valence-electron chi connectivity index (χ0n) is 14.4. The van der Waals surface area contributed by atoms with Gasteiger partial charge in [-0.3, -0.25) is 9.36 Å². The van der Waals surface area contributed by atoms with Crippen LogP contribution in [0.2, 0.25) is 0 Å². The molecule has 1 aromatic carbocycles. The predicted octanol–water partition coefficient (Wildman–Crippen LogP) is 3.21. The minimum atomic E-state index is -0.441. The van der Waals surface area contributed by atoms with E-state index < -0.39 is 5.82 Å². The third kappa shape index (κ3) is 2.41. The maximum atomic E-state index is 14.3. The Kier molecular flexibility index (Phi) is 3.84. The second-order valence-electron chi connectivity index (χ2n) is 5.93. The first-order valence-corrected chi connectivity index (χ1v) is 8.63. The number of rotatable bonds is 3. The smallest absolute Gasteiger partial charge is 0.275 e. The predicted molar refractivity (Wildman–Crippen MR) is 101 cm³/mol. The second kappa shape index (κ2) is 6.06. The molecule has 0 fully saturated rings. The molecule has 0 radical (unpaired) electrons. The third-order valence-electron chi connectivity index (χ3n) is 4.14. The van der Waals surface area contributed by atoms with Crippen molar-refractivity contribution in [2.24, 2.45) is 0 Å². The number of ether oxygens (including phenoxy) is 1. The number of thiophene rings is 1. The van der Waals surface area contributed by atoms with E-state index in [-0.39, 0.29) is 5.56 Å². The molecule has 0 atom stereocenters. The summed E-state index contributed by atoms with van der Waals surface area (Å²) in [6.45, 7) is 0. The van der Waals surface area contributed by atoms with Crippen molar-refractivity contribution >= 4 is 37.5 Å². The highest BCUT2D eigenvalue weighted by atomic mass is 32.1. The van der Waals surface area contributed by atoms with E-state index in [1.807, 2.05) is 0 Å². The molecule has 0 saturated carbocycles. The van der Waals surface area contributed by atoms with Crippen molar-refractivity contribution in [1.29, 1.82) is 0 Å². The number of aromatic nitrogens is 3. The molecule has 3 aromatic heterocycles. The van der Waals surface area contributed by atoms with Gasteiger partial charge in [0.05, 0.1) is 30.1 Å². The number of methoxy groups -OCH3 is 1. The molecule has 0 aliphatic rings. The Morgan fingerprint density at radius 1 is 1.19 bits per heavy atom. The molecule has 4 rings (SSSR count). The Bertz CT molecular complexity index is 1180. The van der Waals surface area contributed by atoms with E-state index in [2.05, 4.69) is 9.97 Å². The maximum absolute atomic E-state index is 14.3. The molecule has 26 heavy (non-hydrogen) atoms. The van der Waals surface area contributed by atoms with Crippen molar-refractivity contribution in [3.63, 3.8) is 0 Å². The van der Waals surface area contributed by atoms with Gasteiger partial charge in [-0.25, -0.2) is 14.4 Å². The minimum Gasteiger partial charge on any atom is -0.497 e. The Morgan fingerprint density at radius 3 is 2.58 bits per heavy atom. The second-order valence-corrected chi connectivity index (χ2v) is 6.93. The number of hydrogen-bond donors (Lipinski definition) is 0. The van der Waals surface area contributed by atoms with Crippen LogP contribution in [0.5, 0.6) is 5.75 Å². The molecule has 3 heterocycles. The summed E-state index contributed by atoms with van der Waals surface area (Å²) in [5, 5.41) is 0.564. The van der Waals surface area contributed by atoms with E-state index in [1.54, 1.807) is 50.4 Å². The van der Waals surface area contributed by atoms with Crippen LogP contribution < -0.4 is 15.2 Å². The van der Waals surface area contributed by atoms with Gasteiger partial charge in [0.1, 0.15) is 27.1 Å². The molecule has 0 N–H and O–H groups in total. The number of halogens is 1. The highest BCUT2D eigenvalue weighted by Crippen LogP contribution is 2.36. The van der Waals surface area contributed by atoms with Gasteiger partial charge >= 0.3 is 0 Å². The van der Waals surface area contributed by atoms with Crippen LogP contribution in [0.25, 0.3) is 26.1 Å². The van der Waals surface area contributed by atoms with Crippen LogP contribution in [0.4, 0.5) is 10.1 Å². The topological polar surface area (TPSA) is 60.2 Å². The molecule has 0 bridgehead atoms. The molecule has 0 spiro atoms. The molecule has 6 nitrogen and oxygen atoms in total. The van der Waals surface area contributed by atoms with Crippen LogP contribution in [0, 0.1) is 5.82 Å². The van der Waals surface area contributed by atoms with Crippen molar-refractivity contribution in [2.75, 3.05) is 26.1 Å². The lowest BCUT2D eigenvalue weighted by Crippen LogP contribution is -2.17. The summed E-state index contributed by atoms with van der Waals surface area (Å²) in [7, 11) is 5.08. The highest BCUT2D eigenvalue weighted by Gasteiger charge is 2.20. The van der Waals surface area contributed by atoms with Gasteiger partial charge in [-0.15, -0.1) is 11.3 Å². The van der Waals surface area contributed by atoms with Crippen LogP contribution in [-0.4, -0.2) is 35.7 Å². The van der Waals surface area contributed by atoms with Crippen LogP contribution in [-0.2, 0) is 0 Å². The van der Waals surface area contributed by atoms with Crippen molar-refractivity contribution < 1.29 is 9.13 Å². The monoisotopic (exact) mass is 370 g/mol. The zero-order valence-corrected chi connectivity index (χ0v) is 15.2. The third-order valence-corrected chi connectivity index (χ3v) is 5.21. The van der Waals surface area contributed by atoms with E-state index in [0.29, 0.717) is 37.6 Å². The van der Waals surface area contributed by atoms with E-state index in [4.69, 9.17) is 4.74 Å². The lowest BCUT2D eigenvalue weighted by molar-refractivity contribution is 0.414. The van der Waals surface area contributed by atoms with Crippen molar-refractivity contribution in [3.05, 3.63) is 53.0 Å². The van der Waals surface area contributed by atoms with Crippen LogP contribution >= 0.6 is 11.3 Å². The molecule has 0 saturated heterocycles. The van der Waals surface area contributed by atoms with Gasteiger partial charge in [0.25, 0.3) is 5.56 Å². The molecule has 0 unspecified atom stereocenters. The van der Waals surface area contributed by atoms with E-state index >= 15 is 0 Å². The van der Waals surface area contributed by atoms with Gasteiger partial charge < -0.3 is 9.64 Å². The highest BCUT2D eigenvalue weighted by molar-refractivity contribution is 7.25. The SMILES string of the molecule is COc1ccc(-n2cnc3c(sc4ncc(F)c(N(C)C)c43)c2=O)cc1. The van der Waals surface area contributed by atoms with Gasteiger partial charge in [-0.05, 0) is 24.3 Å². The molecular weight excluding hydrogens is 355 g/mol. The average Bonchev–Trinajstić information content (AvgIpc) is 3.01.